The molecule has 1 heterocycles. The van der Waals surface area contributed by atoms with Crippen molar-refractivity contribution in [3.8, 4) is 0 Å². The SMILES string of the molecule is O=C(NC1CC1)N1CCC(OCC2CC2)C1. The molecule has 1 atom stereocenters. The maximum absolute atomic E-state index is 11.8. The first kappa shape index (κ1) is 10.4. The number of ether oxygens (including phenoxy) is 1. The van der Waals surface area contributed by atoms with E-state index in [1.54, 1.807) is 0 Å². The molecule has 90 valence electrons. The molecule has 0 spiro atoms. The number of urea groups is 1. The van der Waals surface area contributed by atoms with Gasteiger partial charge in [0.2, 0.25) is 0 Å². The summed E-state index contributed by atoms with van der Waals surface area (Å²) >= 11 is 0. The topological polar surface area (TPSA) is 41.6 Å². The summed E-state index contributed by atoms with van der Waals surface area (Å²) in [6.45, 7) is 2.54. The molecule has 0 radical (unpaired) electrons. The Kier molecular flexibility index (Phi) is 2.75. The lowest BCUT2D eigenvalue weighted by atomic mass is 10.3. The third-order valence-corrected chi connectivity index (χ3v) is 3.60. The monoisotopic (exact) mass is 224 g/mol. The molecular formula is C12H20N2O2. The lowest BCUT2D eigenvalue weighted by molar-refractivity contribution is 0.0538. The summed E-state index contributed by atoms with van der Waals surface area (Å²) in [6, 6.07) is 0.568. The minimum absolute atomic E-state index is 0.111. The summed E-state index contributed by atoms with van der Waals surface area (Å²) in [6.07, 6.45) is 6.26. The summed E-state index contributed by atoms with van der Waals surface area (Å²) in [5.41, 5.74) is 0. The van der Waals surface area contributed by atoms with Gasteiger partial charge in [0.25, 0.3) is 0 Å². The number of nitrogens with zero attached hydrogens (tertiary/aromatic N) is 1. The van der Waals surface area contributed by atoms with Crippen LogP contribution in [0.2, 0.25) is 0 Å². The fraction of sp³-hybridized carbons (Fsp3) is 0.917. The zero-order valence-corrected chi connectivity index (χ0v) is 9.65. The minimum atomic E-state index is 0.111. The van der Waals surface area contributed by atoms with E-state index >= 15 is 0 Å². The van der Waals surface area contributed by atoms with Crippen molar-refractivity contribution in [3.05, 3.63) is 0 Å². The first-order valence-electron chi connectivity index (χ1n) is 6.48. The second-order valence-electron chi connectivity index (χ2n) is 5.36. The van der Waals surface area contributed by atoms with Crippen LogP contribution in [0.3, 0.4) is 0 Å². The Morgan fingerprint density at radius 1 is 1.25 bits per heavy atom. The van der Waals surface area contributed by atoms with Crippen LogP contribution in [0.15, 0.2) is 0 Å². The molecule has 4 nitrogen and oxygen atoms in total. The molecule has 4 heteroatoms. The molecule has 0 aromatic rings. The van der Waals surface area contributed by atoms with Gasteiger partial charge in [-0.15, -0.1) is 0 Å². The number of likely N-dealkylation sites (tertiary alicyclic amines) is 1. The Hall–Kier alpha value is -0.770. The molecule has 2 saturated carbocycles. The highest BCUT2D eigenvalue weighted by Gasteiger charge is 2.31. The fourth-order valence-electron chi connectivity index (χ4n) is 2.10. The second kappa shape index (κ2) is 4.24. The zero-order chi connectivity index (χ0) is 11.0. The number of carbonyl (C=O) groups is 1. The van der Waals surface area contributed by atoms with Crippen LogP contribution in [0.1, 0.15) is 32.1 Å². The van der Waals surface area contributed by atoms with Gasteiger partial charge in [-0.05, 0) is 38.0 Å². The van der Waals surface area contributed by atoms with Gasteiger partial charge in [-0.2, -0.15) is 0 Å². The molecule has 3 aliphatic rings. The number of nitrogens with one attached hydrogen (secondary N) is 1. The molecule has 0 aromatic carbocycles. The van der Waals surface area contributed by atoms with E-state index in [4.69, 9.17) is 4.74 Å². The van der Waals surface area contributed by atoms with Crippen LogP contribution >= 0.6 is 0 Å². The molecule has 1 saturated heterocycles. The van der Waals surface area contributed by atoms with E-state index in [2.05, 4.69) is 5.32 Å². The summed E-state index contributed by atoms with van der Waals surface area (Å²) in [4.78, 5) is 13.6. The molecule has 1 aliphatic heterocycles. The number of carbonyl (C=O) groups excluding carboxylic acids is 1. The zero-order valence-electron chi connectivity index (χ0n) is 9.65. The largest absolute Gasteiger partial charge is 0.376 e. The quantitative estimate of drug-likeness (QED) is 0.783. The molecule has 3 fully saturated rings. The van der Waals surface area contributed by atoms with Gasteiger partial charge in [-0.25, -0.2) is 4.79 Å². The van der Waals surface area contributed by atoms with Crippen molar-refractivity contribution in [1.82, 2.24) is 10.2 Å². The molecule has 3 rings (SSSR count). The van der Waals surface area contributed by atoms with E-state index in [-0.39, 0.29) is 12.1 Å². The van der Waals surface area contributed by atoms with Crippen LogP contribution in [0.5, 0.6) is 0 Å². The summed E-state index contributed by atoms with van der Waals surface area (Å²) < 4.78 is 5.81. The lowest BCUT2D eigenvalue weighted by Gasteiger charge is -2.17. The van der Waals surface area contributed by atoms with Gasteiger partial charge in [-0.1, -0.05) is 0 Å². The summed E-state index contributed by atoms with van der Waals surface area (Å²) in [7, 11) is 0. The van der Waals surface area contributed by atoms with Gasteiger partial charge >= 0.3 is 6.03 Å². The fourth-order valence-corrected chi connectivity index (χ4v) is 2.10. The van der Waals surface area contributed by atoms with Crippen molar-refractivity contribution < 1.29 is 9.53 Å². The Morgan fingerprint density at radius 3 is 2.75 bits per heavy atom. The summed E-state index contributed by atoms with van der Waals surface area (Å²) in [5, 5.41) is 3.02. The third-order valence-electron chi connectivity index (χ3n) is 3.60. The molecule has 1 unspecified atom stereocenters. The standard InChI is InChI=1S/C12H20N2O2/c15-12(13-10-3-4-10)14-6-5-11(7-14)16-8-9-1-2-9/h9-11H,1-8H2,(H,13,15). The van der Waals surface area contributed by atoms with Gasteiger partial charge in [0.1, 0.15) is 0 Å². The smallest absolute Gasteiger partial charge is 0.317 e. The van der Waals surface area contributed by atoms with Crippen LogP contribution in [-0.2, 0) is 4.74 Å². The molecule has 0 bridgehead atoms. The van der Waals surface area contributed by atoms with Gasteiger partial charge in [0.05, 0.1) is 6.10 Å². The predicted molar refractivity (Wildman–Crippen MR) is 60.2 cm³/mol. The average Bonchev–Trinajstić information content (AvgIpc) is 3.18. The Morgan fingerprint density at radius 2 is 2.06 bits per heavy atom. The van der Waals surface area contributed by atoms with Crippen molar-refractivity contribution in [1.29, 1.82) is 0 Å². The maximum atomic E-state index is 11.8. The van der Waals surface area contributed by atoms with Crippen LogP contribution in [0.4, 0.5) is 4.79 Å². The molecular weight excluding hydrogens is 204 g/mol. The van der Waals surface area contributed by atoms with Crippen molar-refractivity contribution in [2.45, 2.75) is 44.2 Å². The van der Waals surface area contributed by atoms with Crippen LogP contribution < -0.4 is 5.32 Å². The highest BCUT2D eigenvalue weighted by Crippen LogP contribution is 2.30. The van der Waals surface area contributed by atoms with Crippen LogP contribution in [-0.4, -0.2) is 42.8 Å². The number of hydrogen-bond acceptors (Lipinski definition) is 2. The van der Waals surface area contributed by atoms with Gasteiger partial charge in [0, 0.05) is 25.7 Å². The van der Waals surface area contributed by atoms with Gasteiger partial charge in [0.15, 0.2) is 0 Å². The van der Waals surface area contributed by atoms with E-state index in [1.807, 2.05) is 4.90 Å². The molecule has 1 N–H and O–H groups in total. The highest BCUT2D eigenvalue weighted by atomic mass is 16.5. The third kappa shape index (κ3) is 2.67. The molecule has 16 heavy (non-hydrogen) atoms. The minimum Gasteiger partial charge on any atom is -0.376 e. The van der Waals surface area contributed by atoms with Gasteiger partial charge in [-0.3, -0.25) is 0 Å². The lowest BCUT2D eigenvalue weighted by Crippen LogP contribution is -2.40. The molecule has 0 aromatic heterocycles. The van der Waals surface area contributed by atoms with Crippen molar-refractivity contribution in [2.75, 3.05) is 19.7 Å². The van der Waals surface area contributed by atoms with Crippen molar-refractivity contribution in [3.63, 3.8) is 0 Å². The van der Waals surface area contributed by atoms with E-state index in [1.165, 1.54) is 12.8 Å². The van der Waals surface area contributed by atoms with E-state index in [0.29, 0.717) is 6.04 Å². The Bertz CT molecular complexity index is 274. The second-order valence-corrected chi connectivity index (χ2v) is 5.36. The molecule has 2 amide bonds. The first-order valence-corrected chi connectivity index (χ1v) is 6.48. The van der Waals surface area contributed by atoms with E-state index in [9.17, 15) is 4.79 Å². The normalized spacial score (nSPS) is 29.5. The average molecular weight is 224 g/mol. The first-order chi connectivity index (χ1) is 7.81. The van der Waals surface area contributed by atoms with Gasteiger partial charge < -0.3 is 15.0 Å². The van der Waals surface area contributed by atoms with Crippen LogP contribution in [0, 0.1) is 5.92 Å². The highest BCUT2D eigenvalue weighted by molar-refractivity contribution is 5.75. The van der Waals surface area contributed by atoms with Crippen molar-refractivity contribution >= 4 is 6.03 Å². The number of amides is 2. The maximum Gasteiger partial charge on any atom is 0.317 e. The van der Waals surface area contributed by atoms with Crippen molar-refractivity contribution in [2.24, 2.45) is 5.92 Å². The number of hydrogen-bond donors (Lipinski definition) is 1. The van der Waals surface area contributed by atoms with E-state index < -0.39 is 0 Å². The predicted octanol–water partition coefficient (Wildman–Crippen LogP) is 1.36. The number of rotatable bonds is 4. The van der Waals surface area contributed by atoms with E-state index in [0.717, 1.165) is 44.9 Å². The molecule has 2 aliphatic carbocycles. The summed E-state index contributed by atoms with van der Waals surface area (Å²) in [5.74, 6) is 0.814. The Balaban J connectivity index is 1.38. The Labute approximate surface area is 96.3 Å². The van der Waals surface area contributed by atoms with Crippen LogP contribution in [0.25, 0.3) is 0 Å².